The van der Waals surface area contributed by atoms with Crippen LogP contribution in [0.4, 0.5) is 5.69 Å². The summed E-state index contributed by atoms with van der Waals surface area (Å²) in [5, 5.41) is 2.96. The van der Waals surface area contributed by atoms with Crippen molar-refractivity contribution < 1.29 is 4.79 Å². The van der Waals surface area contributed by atoms with E-state index in [1.54, 1.807) is 6.07 Å². The molecule has 0 saturated heterocycles. The fraction of sp³-hybridized carbons (Fsp3) is 0.545. The number of hydrogen-bond donors (Lipinski definition) is 2. The maximum atomic E-state index is 11.7. The SMILES string of the molecule is Cc1sc(C(=O)NCC2CCC2)cc1N. The van der Waals surface area contributed by atoms with Crippen LogP contribution in [0.25, 0.3) is 0 Å². The third-order valence-electron chi connectivity index (χ3n) is 2.96. The van der Waals surface area contributed by atoms with Crippen LogP contribution in [-0.2, 0) is 0 Å². The molecule has 82 valence electrons. The lowest BCUT2D eigenvalue weighted by Gasteiger charge is -2.25. The number of rotatable bonds is 3. The number of nitrogens with two attached hydrogens (primary N) is 1. The van der Waals surface area contributed by atoms with Crippen LogP contribution in [0.3, 0.4) is 0 Å². The Bertz CT molecular complexity index is 349. The summed E-state index contributed by atoms with van der Waals surface area (Å²) in [6.45, 7) is 2.75. The molecule has 1 saturated carbocycles. The number of carbonyl (C=O) groups is 1. The molecule has 0 bridgehead atoms. The molecular weight excluding hydrogens is 208 g/mol. The fourth-order valence-electron chi connectivity index (χ4n) is 1.63. The van der Waals surface area contributed by atoms with E-state index in [0.717, 1.165) is 16.3 Å². The van der Waals surface area contributed by atoms with Gasteiger partial charge in [0.15, 0.2) is 0 Å². The van der Waals surface area contributed by atoms with E-state index in [0.29, 0.717) is 11.6 Å². The Labute approximate surface area is 93.7 Å². The first kappa shape index (κ1) is 10.5. The van der Waals surface area contributed by atoms with Crippen LogP contribution in [0, 0.1) is 12.8 Å². The van der Waals surface area contributed by atoms with Crippen molar-refractivity contribution in [1.82, 2.24) is 5.32 Å². The summed E-state index contributed by atoms with van der Waals surface area (Å²) < 4.78 is 0. The quantitative estimate of drug-likeness (QED) is 0.826. The Balaban J connectivity index is 1.89. The second-order valence-electron chi connectivity index (χ2n) is 4.13. The van der Waals surface area contributed by atoms with Gasteiger partial charge in [0.2, 0.25) is 0 Å². The van der Waals surface area contributed by atoms with Crippen LogP contribution in [-0.4, -0.2) is 12.5 Å². The first-order valence-corrected chi connectivity index (χ1v) is 6.12. The zero-order chi connectivity index (χ0) is 10.8. The molecule has 15 heavy (non-hydrogen) atoms. The van der Waals surface area contributed by atoms with Gasteiger partial charge in [-0.2, -0.15) is 0 Å². The molecule has 2 rings (SSSR count). The molecule has 3 nitrogen and oxygen atoms in total. The monoisotopic (exact) mass is 224 g/mol. The maximum Gasteiger partial charge on any atom is 0.261 e. The average molecular weight is 224 g/mol. The van der Waals surface area contributed by atoms with Crippen molar-refractivity contribution in [2.24, 2.45) is 5.92 Å². The highest BCUT2D eigenvalue weighted by Crippen LogP contribution is 2.26. The first-order chi connectivity index (χ1) is 7.16. The lowest BCUT2D eigenvalue weighted by molar-refractivity contribution is 0.0943. The summed E-state index contributed by atoms with van der Waals surface area (Å²) in [5.74, 6) is 0.721. The summed E-state index contributed by atoms with van der Waals surface area (Å²) >= 11 is 1.46. The molecule has 0 atom stereocenters. The molecule has 1 heterocycles. The van der Waals surface area contributed by atoms with Crippen LogP contribution >= 0.6 is 11.3 Å². The number of aryl methyl sites for hydroxylation is 1. The van der Waals surface area contributed by atoms with E-state index in [9.17, 15) is 4.79 Å². The Morgan fingerprint density at radius 1 is 1.67 bits per heavy atom. The summed E-state index contributed by atoms with van der Waals surface area (Å²) in [6, 6.07) is 1.76. The van der Waals surface area contributed by atoms with E-state index in [2.05, 4.69) is 5.32 Å². The van der Waals surface area contributed by atoms with Gasteiger partial charge in [0.25, 0.3) is 5.91 Å². The first-order valence-electron chi connectivity index (χ1n) is 5.31. The normalized spacial score (nSPS) is 16.1. The van der Waals surface area contributed by atoms with Crippen molar-refractivity contribution >= 4 is 22.9 Å². The van der Waals surface area contributed by atoms with E-state index in [4.69, 9.17) is 5.73 Å². The second-order valence-corrected chi connectivity index (χ2v) is 5.39. The van der Waals surface area contributed by atoms with Crippen LogP contribution < -0.4 is 11.1 Å². The Kier molecular flexibility index (Phi) is 2.95. The topological polar surface area (TPSA) is 55.1 Å². The van der Waals surface area contributed by atoms with E-state index in [-0.39, 0.29) is 5.91 Å². The molecule has 0 spiro atoms. The number of nitrogen functional groups attached to an aromatic ring is 1. The van der Waals surface area contributed by atoms with Gasteiger partial charge in [-0.3, -0.25) is 4.79 Å². The minimum absolute atomic E-state index is 0.0201. The molecule has 0 aromatic carbocycles. The number of hydrogen-bond acceptors (Lipinski definition) is 3. The van der Waals surface area contributed by atoms with E-state index in [1.807, 2.05) is 6.92 Å². The molecule has 1 aliphatic carbocycles. The Morgan fingerprint density at radius 3 is 2.87 bits per heavy atom. The molecule has 1 amide bonds. The van der Waals surface area contributed by atoms with Gasteiger partial charge in [-0.1, -0.05) is 6.42 Å². The second kappa shape index (κ2) is 4.23. The standard InChI is InChI=1S/C11H16N2OS/c1-7-9(12)5-10(15-7)11(14)13-6-8-3-2-4-8/h5,8H,2-4,6,12H2,1H3,(H,13,14). The third kappa shape index (κ3) is 2.31. The minimum Gasteiger partial charge on any atom is -0.398 e. The van der Waals surface area contributed by atoms with Crippen molar-refractivity contribution in [3.63, 3.8) is 0 Å². The summed E-state index contributed by atoms with van der Waals surface area (Å²) in [4.78, 5) is 13.4. The van der Waals surface area contributed by atoms with E-state index < -0.39 is 0 Å². The van der Waals surface area contributed by atoms with Crippen molar-refractivity contribution in [2.75, 3.05) is 12.3 Å². The number of carbonyl (C=O) groups excluding carboxylic acids is 1. The van der Waals surface area contributed by atoms with E-state index in [1.165, 1.54) is 30.6 Å². The summed E-state index contributed by atoms with van der Waals surface area (Å²) in [6.07, 6.45) is 3.82. The molecule has 0 aliphatic heterocycles. The summed E-state index contributed by atoms with van der Waals surface area (Å²) in [5.41, 5.74) is 6.42. The predicted octanol–water partition coefficient (Wildman–Crippen LogP) is 2.17. The van der Waals surface area contributed by atoms with E-state index >= 15 is 0 Å². The van der Waals surface area contributed by atoms with Crippen molar-refractivity contribution in [2.45, 2.75) is 26.2 Å². The highest BCUT2D eigenvalue weighted by Gasteiger charge is 2.18. The van der Waals surface area contributed by atoms with Crippen LogP contribution in [0.1, 0.15) is 33.8 Å². The van der Waals surface area contributed by atoms with Gasteiger partial charge in [-0.25, -0.2) is 0 Å². The maximum absolute atomic E-state index is 11.7. The van der Waals surface area contributed by atoms with Gasteiger partial charge in [-0.15, -0.1) is 11.3 Å². The largest absolute Gasteiger partial charge is 0.398 e. The number of thiophene rings is 1. The van der Waals surface area contributed by atoms with Gasteiger partial charge >= 0.3 is 0 Å². The molecule has 1 aliphatic rings. The van der Waals surface area contributed by atoms with Gasteiger partial charge in [0.05, 0.1) is 4.88 Å². The molecule has 1 aromatic rings. The van der Waals surface area contributed by atoms with Gasteiger partial charge in [-0.05, 0) is 31.7 Å². The number of nitrogens with one attached hydrogen (secondary N) is 1. The molecule has 0 radical (unpaired) electrons. The number of anilines is 1. The fourth-order valence-corrected chi connectivity index (χ4v) is 2.49. The smallest absolute Gasteiger partial charge is 0.261 e. The Hall–Kier alpha value is -1.03. The predicted molar refractivity (Wildman–Crippen MR) is 63.1 cm³/mol. The van der Waals surface area contributed by atoms with Crippen molar-refractivity contribution in [3.05, 3.63) is 15.8 Å². The van der Waals surface area contributed by atoms with Gasteiger partial charge in [0, 0.05) is 17.1 Å². The lowest BCUT2D eigenvalue weighted by Crippen LogP contribution is -2.31. The molecule has 3 N–H and O–H groups in total. The third-order valence-corrected chi connectivity index (χ3v) is 4.02. The van der Waals surface area contributed by atoms with Gasteiger partial charge < -0.3 is 11.1 Å². The van der Waals surface area contributed by atoms with Gasteiger partial charge in [0.1, 0.15) is 0 Å². The summed E-state index contributed by atoms with van der Waals surface area (Å²) in [7, 11) is 0. The van der Waals surface area contributed by atoms with Crippen molar-refractivity contribution in [3.8, 4) is 0 Å². The zero-order valence-electron chi connectivity index (χ0n) is 8.88. The molecule has 4 heteroatoms. The molecule has 1 fully saturated rings. The highest BCUT2D eigenvalue weighted by atomic mass is 32.1. The Morgan fingerprint density at radius 2 is 2.40 bits per heavy atom. The molecule has 1 aromatic heterocycles. The zero-order valence-corrected chi connectivity index (χ0v) is 9.69. The average Bonchev–Trinajstić information content (AvgIpc) is 2.44. The molecule has 0 unspecified atom stereocenters. The molecular formula is C11H16N2OS. The highest BCUT2D eigenvalue weighted by molar-refractivity contribution is 7.14. The van der Waals surface area contributed by atoms with Crippen LogP contribution in [0.2, 0.25) is 0 Å². The van der Waals surface area contributed by atoms with Crippen molar-refractivity contribution in [1.29, 1.82) is 0 Å². The lowest BCUT2D eigenvalue weighted by atomic mass is 9.85. The minimum atomic E-state index is 0.0201. The van der Waals surface area contributed by atoms with Crippen LogP contribution in [0.5, 0.6) is 0 Å². The van der Waals surface area contributed by atoms with Crippen LogP contribution in [0.15, 0.2) is 6.07 Å². The number of amides is 1.